The Kier molecular flexibility index (Phi) is 4.10. The zero-order valence-electron chi connectivity index (χ0n) is 11.2. The Bertz CT molecular complexity index is 485. The fourth-order valence-corrected chi connectivity index (χ4v) is 1.79. The van der Waals surface area contributed by atoms with Crippen molar-refractivity contribution < 1.29 is 0 Å². The predicted molar refractivity (Wildman–Crippen MR) is 72.6 cm³/mol. The molecule has 0 aliphatic carbocycles. The summed E-state index contributed by atoms with van der Waals surface area (Å²) in [6.07, 6.45) is 5.63. The summed E-state index contributed by atoms with van der Waals surface area (Å²) in [6.45, 7) is 8.28. The first-order chi connectivity index (χ1) is 8.66. The van der Waals surface area contributed by atoms with E-state index in [0.29, 0.717) is 5.92 Å². The minimum absolute atomic E-state index is 0.672. The van der Waals surface area contributed by atoms with Gasteiger partial charge in [-0.2, -0.15) is 0 Å². The molecule has 0 spiro atoms. The van der Waals surface area contributed by atoms with Gasteiger partial charge in [0.1, 0.15) is 11.6 Å². The van der Waals surface area contributed by atoms with E-state index in [4.69, 9.17) is 0 Å². The summed E-state index contributed by atoms with van der Waals surface area (Å²) in [6, 6.07) is 4.14. The van der Waals surface area contributed by atoms with Gasteiger partial charge in [-0.05, 0) is 31.0 Å². The molecule has 0 radical (unpaired) electrons. The molecular weight excluding hydrogens is 224 g/mol. The summed E-state index contributed by atoms with van der Waals surface area (Å²) >= 11 is 0. The van der Waals surface area contributed by atoms with E-state index in [2.05, 4.69) is 35.2 Å². The van der Waals surface area contributed by atoms with Crippen molar-refractivity contribution >= 4 is 0 Å². The molecule has 4 nitrogen and oxygen atoms in total. The van der Waals surface area contributed by atoms with E-state index in [1.807, 2.05) is 30.0 Å². The van der Waals surface area contributed by atoms with Gasteiger partial charge in [0.15, 0.2) is 0 Å². The zero-order chi connectivity index (χ0) is 13.0. The number of imidazole rings is 1. The molecule has 0 amide bonds. The molecule has 0 unspecified atom stereocenters. The monoisotopic (exact) mass is 244 g/mol. The molecule has 0 aliphatic rings. The van der Waals surface area contributed by atoms with Gasteiger partial charge >= 0.3 is 0 Å². The third-order valence-corrected chi connectivity index (χ3v) is 2.76. The van der Waals surface area contributed by atoms with Crippen LogP contribution in [0.25, 0.3) is 5.82 Å². The highest BCUT2D eigenvalue weighted by molar-refractivity contribution is 5.26. The fraction of sp³-hybridized carbons (Fsp3) is 0.429. The quantitative estimate of drug-likeness (QED) is 0.877. The normalized spacial score (nSPS) is 11.1. The number of hydrogen-bond acceptors (Lipinski definition) is 3. The molecule has 2 aromatic rings. The lowest BCUT2D eigenvalue weighted by atomic mass is 10.2. The smallest absolute Gasteiger partial charge is 0.137 e. The number of rotatable bonds is 5. The molecule has 18 heavy (non-hydrogen) atoms. The molecule has 0 bridgehead atoms. The van der Waals surface area contributed by atoms with Crippen molar-refractivity contribution in [1.29, 1.82) is 0 Å². The Morgan fingerprint density at radius 1 is 1.28 bits per heavy atom. The maximum absolute atomic E-state index is 4.46. The molecule has 2 rings (SSSR count). The van der Waals surface area contributed by atoms with E-state index < -0.39 is 0 Å². The first-order valence-electron chi connectivity index (χ1n) is 6.33. The van der Waals surface area contributed by atoms with Gasteiger partial charge in [-0.1, -0.05) is 19.9 Å². The topological polar surface area (TPSA) is 42.7 Å². The Hall–Kier alpha value is -1.68. The summed E-state index contributed by atoms with van der Waals surface area (Å²) in [5.41, 5.74) is 1.21. The van der Waals surface area contributed by atoms with Crippen LogP contribution < -0.4 is 5.32 Å². The third-order valence-electron chi connectivity index (χ3n) is 2.76. The van der Waals surface area contributed by atoms with Gasteiger partial charge in [-0.3, -0.25) is 4.57 Å². The molecule has 96 valence electrons. The van der Waals surface area contributed by atoms with Gasteiger partial charge in [0.25, 0.3) is 0 Å². The van der Waals surface area contributed by atoms with Gasteiger partial charge in [0.05, 0.1) is 0 Å². The van der Waals surface area contributed by atoms with E-state index in [-0.39, 0.29) is 0 Å². The van der Waals surface area contributed by atoms with E-state index in [9.17, 15) is 0 Å². The first-order valence-corrected chi connectivity index (χ1v) is 6.33. The van der Waals surface area contributed by atoms with Gasteiger partial charge in [-0.25, -0.2) is 9.97 Å². The maximum Gasteiger partial charge on any atom is 0.137 e. The highest BCUT2D eigenvalue weighted by atomic mass is 15.1. The maximum atomic E-state index is 4.46. The average molecular weight is 244 g/mol. The Morgan fingerprint density at radius 2 is 2.11 bits per heavy atom. The summed E-state index contributed by atoms with van der Waals surface area (Å²) in [7, 11) is 0. The minimum atomic E-state index is 0.672. The lowest BCUT2D eigenvalue weighted by Crippen LogP contribution is -2.19. The van der Waals surface area contributed by atoms with Crippen LogP contribution in [0, 0.1) is 12.8 Å². The van der Waals surface area contributed by atoms with Crippen molar-refractivity contribution in [2.24, 2.45) is 5.92 Å². The van der Waals surface area contributed by atoms with Crippen LogP contribution in [0.5, 0.6) is 0 Å². The third kappa shape index (κ3) is 3.17. The molecule has 0 aliphatic heterocycles. The van der Waals surface area contributed by atoms with Crippen LogP contribution in [0.1, 0.15) is 25.2 Å². The summed E-state index contributed by atoms with van der Waals surface area (Å²) in [5.74, 6) is 2.54. The van der Waals surface area contributed by atoms with Crippen LogP contribution in [-0.4, -0.2) is 21.1 Å². The van der Waals surface area contributed by atoms with Crippen molar-refractivity contribution in [1.82, 2.24) is 19.9 Å². The molecule has 1 N–H and O–H groups in total. The van der Waals surface area contributed by atoms with Crippen molar-refractivity contribution in [3.05, 3.63) is 42.1 Å². The summed E-state index contributed by atoms with van der Waals surface area (Å²) < 4.78 is 1.98. The van der Waals surface area contributed by atoms with E-state index in [0.717, 1.165) is 24.7 Å². The molecule has 0 atom stereocenters. The SMILES string of the molecule is Cc1nccn1-c1ccc(CNCC(C)C)cn1. The molecule has 0 aromatic carbocycles. The van der Waals surface area contributed by atoms with E-state index in [1.165, 1.54) is 5.56 Å². The number of aromatic nitrogens is 3. The number of pyridine rings is 1. The number of aryl methyl sites for hydroxylation is 1. The van der Waals surface area contributed by atoms with Crippen molar-refractivity contribution in [3.8, 4) is 5.82 Å². The highest BCUT2D eigenvalue weighted by Crippen LogP contribution is 2.08. The standard InChI is InChI=1S/C14H20N4/c1-11(2)8-15-9-13-4-5-14(17-10-13)18-7-6-16-12(18)3/h4-7,10-11,15H,8-9H2,1-3H3. The summed E-state index contributed by atoms with van der Waals surface area (Å²) in [5, 5.41) is 3.41. The zero-order valence-corrected chi connectivity index (χ0v) is 11.2. The van der Waals surface area contributed by atoms with Gasteiger partial charge < -0.3 is 5.32 Å². The number of hydrogen-bond donors (Lipinski definition) is 1. The van der Waals surface area contributed by atoms with Crippen LogP contribution in [-0.2, 0) is 6.54 Å². The van der Waals surface area contributed by atoms with Crippen LogP contribution in [0.2, 0.25) is 0 Å². The van der Waals surface area contributed by atoms with E-state index >= 15 is 0 Å². The molecular formula is C14H20N4. The van der Waals surface area contributed by atoms with Crippen LogP contribution in [0.4, 0.5) is 0 Å². The van der Waals surface area contributed by atoms with Crippen LogP contribution in [0.3, 0.4) is 0 Å². The Labute approximate surface area is 108 Å². The van der Waals surface area contributed by atoms with Crippen LogP contribution >= 0.6 is 0 Å². The molecule has 4 heteroatoms. The first kappa shape index (κ1) is 12.8. The second-order valence-corrected chi connectivity index (χ2v) is 4.89. The second-order valence-electron chi connectivity index (χ2n) is 4.89. The molecule has 0 fully saturated rings. The van der Waals surface area contributed by atoms with Gasteiger partial charge in [-0.15, -0.1) is 0 Å². The van der Waals surface area contributed by atoms with Crippen molar-refractivity contribution in [2.75, 3.05) is 6.54 Å². The van der Waals surface area contributed by atoms with Crippen LogP contribution in [0.15, 0.2) is 30.7 Å². The van der Waals surface area contributed by atoms with Gasteiger partial charge in [0.2, 0.25) is 0 Å². The predicted octanol–water partition coefficient (Wildman–Crippen LogP) is 2.32. The lowest BCUT2D eigenvalue weighted by molar-refractivity contribution is 0.552. The molecule has 2 aromatic heterocycles. The average Bonchev–Trinajstić information content (AvgIpc) is 2.76. The Morgan fingerprint density at radius 3 is 2.67 bits per heavy atom. The largest absolute Gasteiger partial charge is 0.312 e. The molecule has 2 heterocycles. The van der Waals surface area contributed by atoms with Gasteiger partial charge in [0, 0.05) is 25.1 Å². The van der Waals surface area contributed by atoms with Crippen molar-refractivity contribution in [2.45, 2.75) is 27.3 Å². The minimum Gasteiger partial charge on any atom is -0.312 e. The highest BCUT2D eigenvalue weighted by Gasteiger charge is 2.02. The molecule has 0 saturated carbocycles. The second kappa shape index (κ2) is 5.78. The van der Waals surface area contributed by atoms with E-state index in [1.54, 1.807) is 6.20 Å². The molecule has 0 saturated heterocycles. The summed E-state index contributed by atoms with van der Waals surface area (Å²) in [4.78, 5) is 8.66. The lowest BCUT2D eigenvalue weighted by Gasteiger charge is -2.08. The van der Waals surface area contributed by atoms with Crippen molar-refractivity contribution in [3.63, 3.8) is 0 Å². The Balaban J connectivity index is 2.00. The fourth-order valence-electron chi connectivity index (χ4n) is 1.79. The number of nitrogens with zero attached hydrogens (tertiary/aromatic N) is 3. The number of nitrogens with one attached hydrogen (secondary N) is 1.